The summed E-state index contributed by atoms with van der Waals surface area (Å²) in [5, 5.41) is 7.82. The number of Topliss-reactive ketones (excluding diaryl/α,β-unsaturated/α-hetero) is 1. The Morgan fingerprint density at radius 3 is 1.58 bits per heavy atom. The molecule has 6 nitrogen and oxygen atoms in total. The molecule has 0 bridgehead atoms. The van der Waals surface area contributed by atoms with Crippen molar-refractivity contribution in [2.45, 2.75) is 0 Å². The zero-order chi connectivity index (χ0) is 8.36. The van der Waals surface area contributed by atoms with Gasteiger partial charge in [0.1, 0.15) is 5.75 Å². The normalized spacial score (nSPS) is 9.08. The summed E-state index contributed by atoms with van der Waals surface area (Å²) in [7, 11) is -4.50. The van der Waals surface area contributed by atoms with Gasteiger partial charge in [0.25, 0.3) is 15.9 Å². The van der Waals surface area contributed by atoms with E-state index in [2.05, 4.69) is 0 Å². The summed E-state index contributed by atoms with van der Waals surface area (Å²) in [5.41, 5.74) is 0. The van der Waals surface area contributed by atoms with Crippen LogP contribution in [0.1, 0.15) is 0 Å². The van der Waals surface area contributed by atoms with E-state index in [0.717, 1.165) is 0 Å². The topological polar surface area (TPSA) is 109 Å². The molecule has 0 amide bonds. The summed E-state index contributed by atoms with van der Waals surface area (Å²) in [6.07, 6.45) is 0. The SMILES string of the molecule is O=C(O)C(=O)CS(=O)(=O)O.[LiH].[LiH]. The molecule has 0 aliphatic carbocycles. The van der Waals surface area contributed by atoms with Crippen LogP contribution in [0.4, 0.5) is 0 Å². The average molecular weight is 184 g/mol. The van der Waals surface area contributed by atoms with Gasteiger partial charge >= 0.3 is 43.7 Å². The van der Waals surface area contributed by atoms with Crippen LogP contribution in [0.3, 0.4) is 0 Å². The van der Waals surface area contributed by atoms with Gasteiger partial charge in [-0.15, -0.1) is 0 Å². The average Bonchev–Trinajstić information content (AvgIpc) is 1.60. The van der Waals surface area contributed by atoms with E-state index in [0.29, 0.717) is 0 Å². The van der Waals surface area contributed by atoms with Crippen LogP contribution in [0.15, 0.2) is 0 Å². The zero-order valence-corrected chi connectivity index (χ0v) is 5.46. The maximum absolute atomic E-state index is 10.0. The van der Waals surface area contributed by atoms with Gasteiger partial charge in [0.05, 0.1) is 0 Å². The van der Waals surface area contributed by atoms with Crippen molar-refractivity contribution in [2.75, 3.05) is 5.75 Å². The number of aliphatic carboxylic acids is 1. The molecular formula is C3H6Li2O6S. The molecule has 0 unspecified atom stereocenters. The van der Waals surface area contributed by atoms with Crippen LogP contribution < -0.4 is 0 Å². The van der Waals surface area contributed by atoms with E-state index in [4.69, 9.17) is 9.66 Å². The maximum atomic E-state index is 10.0. The second-order valence-corrected chi connectivity index (χ2v) is 2.91. The third kappa shape index (κ3) is 10.2. The first kappa shape index (κ1) is 18.1. The molecular weight excluding hydrogens is 178 g/mol. The van der Waals surface area contributed by atoms with Crippen molar-refractivity contribution in [3.8, 4) is 0 Å². The fourth-order valence-electron chi connectivity index (χ4n) is 0.227. The van der Waals surface area contributed by atoms with Gasteiger partial charge in [-0.05, 0) is 0 Å². The molecule has 0 rings (SSSR count). The number of carboxylic acid groups (broad SMARTS) is 1. The van der Waals surface area contributed by atoms with E-state index in [1.54, 1.807) is 0 Å². The number of ketones is 1. The molecule has 12 heavy (non-hydrogen) atoms. The Morgan fingerprint density at radius 2 is 1.50 bits per heavy atom. The molecule has 0 aromatic rings. The van der Waals surface area contributed by atoms with Gasteiger partial charge in [-0.25, -0.2) is 4.79 Å². The molecule has 0 aromatic heterocycles. The van der Waals surface area contributed by atoms with E-state index < -0.39 is 27.6 Å². The number of carbonyl (C=O) groups excluding carboxylic acids is 1. The second kappa shape index (κ2) is 6.73. The fourth-order valence-corrected chi connectivity index (χ4v) is 0.682. The van der Waals surface area contributed by atoms with Crippen molar-refractivity contribution in [3.05, 3.63) is 0 Å². The molecule has 0 aliphatic rings. The summed E-state index contributed by atoms with van der Waals surface area (Å²) < 4.78 is 27.6. The molecule has 0 saturated heterocycles. The van der Waals surface area contributed by atoms with Gasteiger partial charge < -0.3 is 5.11 Å². The van der Waals surface area contributed by atoms with Crippen LogP contribution in [0.2, 0.25) is 0 Å². The van der Waals surface area contributed by atoms with Gasteiger partial charge in [-0.3, -0.25) is 9.35 Å². The number of rotatable bonds is 3. The Labute approximate surface area is 92.8 Å². The van der Waals surface area contributed by atoms with Gasteiger partial charge in [0, 0.05) is 0 Å². The van der Waals surface area contributed by atoms with Crippen LogP contribution in [-0.4, -0.2) is 73.3 Å². The second-order valence-electron chi connectivity index (χ2n) is 1.45. The quantitative estimate of drug-likeness (QED) is 0.279. The van der Waals surface area contributed by atoms with Crippen LogP contribution in [0.25, 0.3) is 0 Å². The first-order valence-electron chi connectivity index (χ1n) is 2.04. The van der Waals surface area contributed by atoms with E-state index >= 15 is 0 Å². The Balaban J connectivity index is -0.000000405. The zero-order valence-electron chi connectivity index (χ0n) is 4.64. The van der Waals surface area contributed by atoms with Gasteiger partial charge in [-0.2, -0.15) is 8.42 Å². The molecule has 0 atom stereocenters. The minimum atomic E-state index is -4.50. The summed E-state index contributed by atoms with van der Waals surface area (Å²) in [4.78, 5) is 19.7. The molecule has 0 fully saturated rings. The summed E-state index contributed by atoms with van der Waals surface area (Å²) in [5.74, 6) is -4.80. The van der Waals surface area contributed by atoms with Gasteiger partial charge in [0.15, 0.2) is 0 Å². The minimum absolute atomic E-state index is 0. The van der Waals surface area contributed by atoms with Gasteiger partial charge in [0.2, 0.25) is 0 Å². The Hall–Kier alpha value is 0.245. The summed E-state index contributed by atoms with van der Waals surface area (Å²) >= 11 is 0. The molecule has 0 heterocycles. The van der Waals surface area contributed by atoms with Crippen molar-refractivity contribution in [1.29, 1.82) is 0 Å². The number of carboxylic acids is 1. The number of hydrogen-bond donors (Lipinski definition) is 2. The molecule has 0 spiro atoms. The van der Waals surface area contributed by atoms with Crippen molar-refractivity contribution in [1.82, 2.24) is 0 Å². The van der Waals surface area contributed by atoms with Crippen molar-refractivity contribution in [2.24, 2.45) is 0 Å². The van der Waals surface area contributed by atoms with Gasteiger partial charge in [-0.1, -0.05) is 0 Å². The van der Waals surface area contributed by atoms with E-state index in [9.17, 15) is 18.0 Å². The van der Waals surface area contributed by atoms with Crippen LogP contribution in [0, 0.1) is 0 Å². The Kier molecular flexibility index (Phi) is 10.2. The van der Waals surface area contributed by atoms with Crippen molar-refractivity contribution in [3.63, 3.8) is 0 Å². The van der Waals surface area contributed by atoms with E-state index in [-0.39, 0.29) is 37.7 Å². The Morgan fingerprint density at radius 1 is 1.17 bits per heavy atom. The molecule has 0 radical (unpaired) electrons. The van der Waals surface area contributed by atoms with Crippen LogP contribution in [0.5, 0.6) is 0 Å². The van der Waals surface area contributed by atoms with Crippen LogP contribution in [-0.2, 0) is 19.7 Å². The third-order valence-electron chi connectivity index (χ3n) is 0.552. The van der Waals surface area contributed by atoms with Crippen LogP contribution >= 0.6 is 0 Å². The van der Waals surface area contributed by atoms with E-state index in [1.807, 2.05) is 0 Å². The number of hydrogen-bond acceptors (Lipinski definition) is 4. The third-order valence-corrected chi connectivity index (χ3v) is 1.18. The monoisotopic (exact) mass is 184 g/mol. The molecule has 2 N–H and O–H groups in total. The van der Waals surface area contributed by atoms with Crippen molar-refractivity contribution >= 4 is 59.6 Å². The van der Waals surface area contributed by atoms with E-state index in [1.165, 1.54) is 0 Å². The first-order chi connectivity index (χ1) is 4.33. The predicted octanol–water partition coefficient (Wildman–Crippen LogP) is -2.77. The molecule has 0 saturated carbocycles. The Bertz CT molecular complexity index is 256. The number of carbonyl (C=O) groups is 2. The van der Waals surface area contributed by atoms with Crippen molar-refractivity contribution < 1.29 is 27.7 Å². The standard InChI is InChI=1S/C3H4O6S.2Li.2H/c4-2(3(5)6)1-10(7,8)9;;;;/h1H2,(H,5,6)(H,7,8,9);;;;. The molecule has 0 aromatic carbocycles. The molecule has 62 valence electrons. The first-order valence-corrected chi connectivity index (χ1v) is 3.65. The molecule has 9 heteroatoms. The summed E-state index contributed by atoms with van der Waals surface area (Å²) in [6.45, 7) is 0. The molecule has 0 aliphatic heterocycles. The predicted molar refractivity (Wildman–Crippen MR) is 43.4 cm³/mol. The summed E-state index contributed by atoms with van der Waals surface area (Å²) in [6, 6.07) is 0. The fraction of sp³-hybridized carbons (Fsp3) is 0.333.